The van der Waals surface area contributed by atoms with Crippen LogP contribution >= 0.6 is 0 Å². The molecule has 0 aromatic heterocycles. The summed E-state index contributed by atoms with van der Waals surface area (Å²) in [7, 11) is -0.0891. The third-order valence-electron chi connectivity index (χ3n) is 1.28. The maximum Gasteiger partial charge on any atom is 0.232 e. The quantitative estimate of drug-likeness (QED) is 0.402. The molecule has 0 saturated heterocycles. The van der Waals surface area contributed by atoms with E-state index in [1.54, 1.807) is 14.0 Å². The van der Waals surface area contributed by atoms with Crippen molar-refractivity contribution in [3.05, 3.63) is 0 Å². The van der Waals surface area contributed by atoms with E-state index in [2.05, 4.69) is 4.99 Å². The first-order valence-electron chi connectivity index (χ1n) is 2.77. The first-order valence-corrected chi connectivity index (χ1v) is 4.61. The minimum absolute atomic E-state index is 0.488. The van der Waals surface area contributed by atoms with E-state index in [-0.39, 0.29) is 0 Å². The molecule has 0 aliphatic heterocycles. The molecule has 0 heterocycles. The lowest BCUT2D eigenvalue weighted by atomic mass is 10.7. The summed E-state index contributed by atoms with van der Waals surface area (Å²) in [5, 5.41) is 0. The zero-order valence-electron chi connectivity index (χ0n) is 6.62. The van der Waals surface area contributed by atoms with E-state index in [1.165, 1.54) is 7.05 Å². The first kappa shape index (κ1) is 9.42. The predicted octanol–water partition coefficient (Wildman–Crippen LogP) is -0.0740. The lowest BCUT2D eigenvalue weighted by Gasteiger charge is -2.14. The lowest BCUT2D eigenvalue weighted by molar-refractivity contribution is 0.558. The Kier molecular flexibility index (Phi) is 2.83. The van der Waals surface area contributed by atoms with E-state index in [0.717, 1.165) is 10.6 Å². The van der Waals surface area contributed by atoms with Gasteiger partial charge in [0.1, 0.15) is 5.84 Å². The third-order valence-corrected chi connectivity index (χ3v) is 2.54. The molecule has 0 amide bonds. The summed E-state index contributed by atoms with van der Waals surface area (Å²) in [6.45, 7) is 1.64. The summed E-state index contributed by atoms with van der Waals surface area (Å²) in [6, 6.07) is 0. The van der Waals surface area contributed by atoms with Crippen molar-refractivity contribution in [2.24, 2.45) is 4.99 Å². The second-order valence-corrected chi connectivity index (χ2v) is 4.02. The minimum Gasteiger partial charge on any atom is -0.275 e. The van der Waals surface area contributed by atoms with Gasteiger partial charge < -0.3 is 0 Å². The zero-order valence-corrected chi connectivity index (χ0v) is 7.44. The molecule has 5 heteroatoms. The standard InChI is InChI=1S/C5H12N2O2S/c1-5(6-2)7(3)10(4,8)9/h1-4H3. The van der Waals surface area contributed by atoms with E-state index in [0.29, 0.717) is 5.84 Å². The fourth-order valence-electron chi connectivity index (χ4n) is 0.381. The molecule has 0 aromatic carbocycles. The number of hydrogen-bond donors (Lipinski definition) is 0. The molecule has 0 bridgehead atoms. The number of hydrogen-bond acceptors (Lipinski definition) is 3. The van der Waals surface area contributed by atoms with Gasteiger partial charge in [0.15, 0.2) is 0 Å². The molecule has 0 rings (SSSR count). The van der Waals surface area contributed by atoms with Crippen molar-refractivity contribution >= 4 is 15.9 Å². The molecule has 0 N–H and O–H groups in total. The molecule has 0 unspecified atom stereocenters. The highest BCUT2D eigenvalue weighted by molar-refractivity contribution is 7.88. The SMILES string of the molecule is CN=C(C)N(C)S(C)(=O)=O. The zero-order chi connectivity index (χ0) is 8.36. The molecule has 4 nitrogen and oxygen atoms in total. The Morgan fingerprint density at radius 1 is 1.50 bits per heavy atom. The first-order chi connectivity index (χ1) is 4.39. The van der Waals surface area contributed by atoms with E-state index < -0.39 is 10.0 Å². The van der Waals surface area contributed by atoms with Crippen molar-refractivity contribution in [1.82, 2.24) is 4.31 Å². The second kappa shape index (κ2) is 3.01. The average molecular weight is 164 g/mol. The molecule has 0 atom stereocenters. The molecule has 10 heavy (non-hydrogen) atoms. The number of amidine groups is 1. The van der Waals surface area contributed by atoms with Crippen LogP contribution in [0.4, 0.5) is 0 Å². The van der Waals surface area contributed by atoms with Crippen molar-refractivity contribution in [1.29, 1.82) is 0 Å². The molecule has 0 fully saturated rings. The van der Waals surface area contributed by atoms with E-state index >= 15 is 0 Å². The highest BCUT2D eigenvalue weighted by Gasteiger charge is 2.10. The summed E-state index contributed by atoms with van der Waals surface area (Å²) in [5.41, 5.74) is 0. The highest BCUT2D eigenvalue weighted by Crippen LogP contribution is 1.93. The van der Waals surface area contributed by atoms with Crippen molar-refractivity contribution in [2.75, 3.05) is 20.4 Å². The van der Waals surface area contributed by atoms with Crippen LogP contribution in [-0.2, 0) is 10.0 Å². The minimum atomic E-state index is -3.11. The van der Waals surface area contributed by atoms with Crippen molar-refractivity contribution < 1.29 is 8.42 Å². The maximum atomic E-state index is 10.8. The summed E-state index contributed by atoms with van der Waals surface area (Å²) < 4.78 is 22.7. The van der Waals surface area contributed by atoms with Crippen LogP contribution in [0.5, 0.6) is 0 Å². The van der Waals surface area contributed by atoms with Gasteiger partial charge in [-0.15, -0.1) is 0 Å². The topological polar surface area (TPSA) is 49.7 Å². The molecule has 60 valence electrons. The smallest absolute Gasteiger partial charge is 0.232 e. The van der Waals surface area contributed by atoms with Gasteiger partial charge in [-0.05, 0) is 6.92 Å². The Hall–Kier alpha value is -0.580. The van der Waals surface area contributed by atoms with Crippen molar-refractivity contribution in [2.45, 2.75) is 6.92 Å². The lowest BCUT2D eigenvalue weighted by Crippen LogP contribution is -2.30. The average Bonchev–Trinajstić information content (AvgIpc) is 1.83. The van der Waals surface area contributed by atoms with Crippen molar-refractivity contribution in [3.8, 4) is 0 Å². The molecule has 0 spiro atoms. The normalized spacial score (nSPS) is 13.4. The van der Waals surface area contributed by atoms with Gasteiger partial charge in [0.2, 0.25) is 10.0 Å². The molecule has 0 radical (unpaired) electrons. The fourth-order valence-corrected chi connectivity index (χ4v) is 0.942. The van der Waals surface area contributed by atoms with Crippen LogP contribution in [0.1, 0.15) is 6.92 Å². The maximum absolute atomic E-state index is 10.8. The van der Waals surface area contributed by atoms with Crippen LogP contribution in [0.3, 0.4) is 0 Å². The van der Waals surface area contributed by atoms with Crippen LogP contribution in [0, 0.1) is 0 Å². The van der Waals surface area contributed by atoms with Gasteiger partial charge in [-0.1, -0.05) is 0 Å². The number of aliphatic imine (C=N–C) groups is 1. The molecular formula is C5H12N2O2S. The van der Waals surface area contributed by atoms with E-state index in [1.807, 2.05) is 0 Å². The van der Waals surface area contributed by atoms with Gasteiger partial charge >= 0.3 is 0 Å². The Labute approximate surface area is 61.6 Å². The largest absolute Gasteiger partial charge is 0.275 e. The van der Waals surface area contributed by atoms with Gasteiger partial charge in [-0.2, -0.15) is 0 Å². The Morgan fingerprint density at radius 2 is 1.90 bits per heavy atom. The third kappa shape index (κ3) is 2.34. The van der Waals surface area contributed by atoms with Gasteiger partial charge in [0, 0.05) is 14.1 Å². The van der Waals surface area contributed by atoms with Crippen LogP contribution in [0.15, 0.2) is 4.99 Å². The monoisotopic (exact) mass is 164 g/mol. The summed E-state index contributed by atoms with van der Waals surface area (Å²) in [6.07, 6.45) is 1.14. The van der Waals surface area contributed by atoms with Crippen LogP contribution < -0.4 is 0 Å². The molecular weight excluding hydrogens is 152 g/mol. The molecule has 0 saturated carbocycles. The van der Waals surface area contributed by atoms with Gasteiger partial charge in [0.25, 0.3) is 0 Å². The molecule has 0 aliphatic rings. The summed E-state index contributed by atoms with van der Waals surface area (Å²) >= 11 is 0. The number of rotatable bonds is 1. The number of sulfonamides is 1. The van der Waals surface area contributed by atoms with Gasteiger partial charge in [-0.3, -0.25) is 9.30 Å². The second-order valence-electron chi connectivity index (χ2n) is 2.00. The van der Waals surface area contributed by atoms with Crippen LogP contribution in [0.25, 0.3) is 0 Å². The van der Waals surface area contributed by atoms with Crippen LogP contribution in [-0.4, -0.2) is 38.9 Å². The Morgan fingerprint density at radius 3 is 2.00 bits per heavy atom. The predicted molar refractivity (Wildman–Crippen MR) is 41.6 cm³/mol. The molecule has 0 aromatic rings. The van der Waals surface area contributed by atoms with Gasteiger partial charge in [0.05, 0.1) is 6.26 Å². The highest BCUT2D eigenvalue weighted by atomic mass is 32.2. The Balaban J connectivity index is 4.55. The van der Waals surface area contributed by atoms with Gasteiger partial charge in [-0.25, -0.2) is 8.42 Å². The van der Waals surface area contributed by atoms with Crippen LogP contribution in [0.2, 0.25) is 0 Å². The molecule has 0 aliphatic carbocycles. The van der Waals surface area contributed by atoms with E-state index in [9.17, 15) is 8.42 Å². The Bertz CT molecular complexity index is 230. The summed E-state index contributed by atoms with van der Waals surface area (Å²) in [4.78, 5) is 3.72. The number of nitrogens with zero attached hydrogens (tertiary/aromatic N) is 2. The summed E-state index contributed by atoms with van der Waals surface area (Å²) in [5.74, 6) is 0.488. The van der Waals surface area contributed by atoms with Crippen molar-refractivity contribution in [3.63, 3.8) is 0 Å². The fraction of sp³-hybridized carbons (Fsp3) is 0.800. The van der Waals surface area contributed by atoms with E-state index in [4.69, 9.17) is 0 Å².